The Labute approximate surface area is 131 Å². The van der Waals surface area contributed by atoms with E-state index in [1.807, 2.05) is 0 Å². The molecule has 1 aromatic heterocycles. The standard InChI is InChI=1S/C15H14F2N2O3S/c16-9-1-2-10(13(17)5-9)11-6-12(11)15-18-14(19-22-15)8-3-4-23(20,21)7-8/h1-2,5,8,11-12H,3-4,6-7H2/t8?,11-,12+/m0/s1. The Morgan fingerprint density at radius 2 is 2.04 bits per heavy atom. The Bertz CT molecular complexity index is 865. The zero-order valence-corrected chi connectivity index (χ0v) is 12.9. The molecule has 8 heteroatoms. The lowest BCUT2D eigenvalue weighted by Gasteiger charge is -2.01. The van der Waals surface area contributed by atoms with E-state index in [9.17, 15) is 17.2 Å². The molecule has 1 saturated heterocycles. The van der Waals surface area contributed by atoms with E-state index < -0.39 is 21.5 Å². The van der Waals surface area contributed by atoms with Crippen molar-refractivity contribution in [1.29, 1.82) is 0 Å². The van der Waals surface area contributed by atoms with Gasteiger partial charge in [0.05, 0.1) is 11.5 Å². The maximum Gasteiger partial charge on any atom is 0.230 e. The van der Waals surface area contributed by atoms with Gasteiger partial charge in [-0.1, -0.05) is 11.2 Å². The lowest BCUT2D eigenvalue weighted by Crippen LogP contribution is -2.05. The molecular formula is C15H14F2N2O3S. The summed E-state index contributed by atoms with van der Waals surface area (Å²) < 4.78 is 55.0. The first-order valence-corrected chi connectivity index (χ1v) is 9.24. The number of rotatable bonds is 3. The highest BCUT2D eigenvalue weighted by Gasteiger charge is 2.45. The molecule has 5 nitrogen and oxygen atoms in total. The zero-order valence-electron chi connectivity index (χ0n) is 12.1. The van der Waals surface area contributed by atoms with Crippen molar-refractivity contribution in [2.45, 2.75) is 30.6 Å². The molecule has 1 aromatic carbocycles. The molecule has 2 aliphatic rings. The third kappa shape index (κ3) is 2.75. The van der Waals surface area contributed by atoms with E-state index in [0.29, 0.717) is 30.1 Å². The Morgan fingerprint density at radius 1 is 1.22 bits per heavy atom. The summed E-state index contributed by atoms with van der Waals surface area (Å²) in [6, 6.07) is 3.54. The van der Waals surface area contributed by atoms with Crippen molar-refractivity contribution in [3.8, 4) is 0 Å². The normalized spacial score (nSPS) is 28.9. The average molecular weight is 340 g/mol. The highest BCUT2D eigenvalue weighted by atomic mass is 32.2. The molecule has 0 amide bonds. The first-order chi connectivity index (χ1) is 10.9. The van der Waals surface area contributed by atoms with Crippen LogP contribution in [-0.4, -0.2) is 30.1 Å². The highest BCUT2D eigenvalue weighted by molar-refractivity contribution is 7.91. The Morgan fingerprint density at radius 3 is 2.74 bits per heavy atom. The Balaban J connectivity index is 1.51. The lowest BCUT2D eigenvalue weighted by molar-refractivity contribution is 0.370. The average Bonchev–Trinajstić information content (AvgIpc) is 2.95. The maximum atomic E-state index is 13.8. The Hall–Kier alpha value is -1.83. The molecule has 2 aromatic rings. The van der Waals surface area contributed by atoms with Gasteiger partial charge in [0.15, 0.2) is 15.7 Å². The summed E-state index contributed by atoms with van der Waals surface area (Å²) in [5.41, 5.74) is 0.444. The van der Waals surface area contributed by atoms with Gasteiger partial charge >= 0.3 is 0 Å². The van der Waals surface area contributed by atoms with Gasteiger partial charge in [-0.25, -0.2) is 17.2 Å². The molecule has 1 aliphatic carbocycles. The molecule has 0 N–H and O–H groups in total. The van der Waals surface area contributed by atoms with Crippen LogP contribution in [0, 0.1) is 11.6 Å². The van der Waals surface area contributed by atoms with Gasteiger partial charge in [0, 0.05) is 17.9 Å². The minimum Gasteiger partial charge on any atom is -0.339 e. The van der Waals surface area contributed by atoms with Crippen LogP contribution in [0.2, 0.25) is 0 Å². The van der Waals surface area contributed by atoms with Crippen LogP contribution in [0.4, 0.5) is 8.78 Å². The molecule has 23 heavy (non-hydrogen) atoms. The number of sulfone groups is 1. The van der Waals surface area contributed by atoms with E-state index in [1.165, 1.54) is 12.1 Å². The van der Waals surface area contributed by atoms with E-state index in [0.717, 1.165) is 6.07 Å². The van der Waals surface area contributed by atoms with Gasteiger partial charge < -0.3 is 4.52 Å². The maximum absolute atomic E-state index is 13.8. The van der Waals surface area contributed by atoms with Gasteiger partial charge in [-0.05, 0) is 30.4 Å². The first-order valence-electron chi connectivity index (χ1n) is 7.42. The molecule has 4 rings (SSSR count). The van der Waals surface area contributed by atoms with Crippen LogP contribution in [0.1, 0.15) is 47.9 Å². The SMILES string of the molecule is O=S1(=O)CCC(c2noc([C@@H]3C[C@H]3c3ccc(F)cc3F)n2)C1. The summed E-state index contributed by atoms with van der Waals surface area (Å²) in [4.78, 5) is 4.30. The molecule has 2 fully saturated rings. The fourth-order valence-electron chi connectivity index (χ4n) is 3.18. The topological polar surface area (TPSA) is 73.1 Å². The first kappa shape index (κ1) is 14.7. The van der Waals surface area contributed by atoms with E-state index >= 15 is 0 Å². The summed E-state index contributed by atoms with van der Waals surface area (Å²) in [6.07, 6.45) is 1.16. The summed E-state index contributed by atoms with van der Waals surface area (Å²) in [6.45, 7) is 0. The van der Waals surface area contributed by atoms with Gasteiger partial charge in [0.25, 0.3) is 0 Å². The highest BCUT2D eigenvalue weighted by Crippen LogP contribution is 2.54. The van der Waals surface area contributed by atoms with Crippen molar-refractivity contribution < 1.29 is 21.7 Å². The second-order valence-electron chi connectivity index (χ2n) is 6.21. The third-order valence-corrected chi connectivity index (χ3v) is 6.29. The van der Waals surface area contributed by atoms with Crippen LogP contribution in [0.15, 0.2) is 22.7 Å². The van der Waals surface area contributed by atoms with Crippen LogP contribution in [-0.2, 0) is 9.84 Å². The molecule has 0 bridgehead atoms. The quantitative estimate of drug-likeness (QED) is 0.858. The summed E-state index contributed by atoms with van der Waals surface area (Å²) in [5, 5.41) is 3.89. The van der Waals surface area contributed by atoms with Crippen molar-refractivity contribution in [2.24, 2.45) is 0 Å². The Kier molecular flexibility index (Phi) is 3.26. The molecule has 3 atom stereocenters. The van der Waals surface area contributed by atoms with Gasteiger partial charge in [-0.2, -0.15) is 4.98 Å². The van der Waals surface area contributed by atoms with E-state index in [1.54, 1.807) is 0 Å². The minimum atomic E-state index is -3.01. The van der Waals surface area contributed by atoms with Crippen molar-refractivity contribution in [1.82, 2.24) is 10.1 Å². The van der Waals surface area contributed by atoms with Crippen LogP contribution in [0.5, 0.6) is 0 Å². The fraction of sp³-hybridized carbons (Fsp3) is 0.467. The van der Waals surface area contributed by atoms with Crippen molar-refractivity contribution in [3.05, 3.63) is 47.1 Å². The summed E-state index contributed by atoms with van der Waals surface area (Å²) >= 11 is 0. The number of halogens is 2. The number of nitrogens with zero attached hydrogens (tertiary/aromatic N) is 2. The predicted octanol–water partition coefficient (Wildman–Crippen LogP) is 2.52. The molecule has 1 aliphatic heterocycles. The predicted molar refractivity (Wildman–Crippen MR) is 76.8 cm³/mol. The van der Waals surface area contributed by atoms with Gasteiger partial charge in [-0.3, -0.25) is 0 Å². The van der Waals surface area contributed by atoms with Crippen molar-refractivity contribution >= 4 is 9.84 Å². The van der Waals surface area contributed by atoms with Crippen LogP contribution in [0.3, 0.4) is 0 Å². The second kappa shape index (κ2) is 5.09. The minimum absolute atomic E-state index is 0.0483. The van der Waals surface area contributed by atoms with Crippen LogP contribution in [0.25, 0.3) is 0 Å². The molecular weight excluding hydrogens is 326 g/mol. The van der Waals surface area contributed by atoms with Gasteiger partial charge in [0.1, 0.15) is 11.6 Å². The number of hydrogen-bond acceptors (Lipinski definition) is 5. The molecule has 0 spiro atoms. The lowest BCUT2D eigenvalue weighted by atomic mass is 10.1. The molecule has 1 unspecified atom stereocenters. The second-order valence-corrected chi connectivity index (χ2v) is 8.43. The smallest absolute Gasteiger partial charge is 0.230 e. The molecule has 122 valence electrons. The van der Waals surface area contributed by atoms with Gasteiger partial charge in [-0.15, -0.1) is 0 Å². The summed E-state index contributed by atoms with van der Waals surface area (Å²) in [5.74, 6) is -0.585. The number of hydrogen-bond donors (Lipinski definition) is 0. The molecule has 2 heterocycles. The van der Waals surface area contributed by atoms with Crippen molar-refractivity contribution in [2.75, 3.05) is 11.5 Å². The van der Waals surface area contributed by atoms with Crippen LogP contribution < -0.4 is 0 Å². The zero-order chi connectivity index (χ0) is 16.2. The fourth-order valence-corrected chi connectivity index (χ4v) is 4.92. The molecule has 1 saturated carbocycles. The number of benzene rings is 1. The van der Waals surface area contributed by atoms with Crippen LogP contribution >= 0.6 is 0 Å². The largest absolute Gasteiger partial charge is 0.339 e. The van der Waals surface area contributed by atoms with Crippen molar-refractivity contribution in [3.63, 3.8) is 0 Å². The van der Waals surface area contributed by atoms with Gasteiger partial charge in [0.2, 0.25) is 5.89 Å². The van der Waals surface area contributed by atoms with E-state index in [4.69, 9.17) is 4.52 Å². The summed E-state index contributed by atoms with van der Waals surface area (Å²) in [7, 11) is -3.01. The monoisotopic (exact) mass is 340 g/mol. The van der Waals surface area contributed by atoms with E-state index in [2.05, 4.69) is 10.1 Å². The number of aromatic nitrogens is 2. The third-order valence-electron chi connectivity index (χ3n) is 4.52. The van der Waals surface area contributed by atoms with E-state index in [-0.39, 0.29) is 29.3 Å². The molecule has 0 radical (unpaired) electrons.